The fourth-order valence-corrected chi connectivity index (χ4v) is 2.66. The lowest BCUT2D eigenvalue weighted by Crippen LogP contribution is -2.28. The molecule has 0 heterocycles. The van der Waals surface area contributed by atoms with E-state index in [2.05, 4.69) is 13.2 Å². The van der Waals surface area contributed by atoms with E-state index >= 15 is 0 Å². The molecule has 0 atom stereocenters. The van der Waals surface area contributed by atoms with Crippen LogP contribution in [0, 0.1) is 0 Å². The monoisotopic (exact) mass is 253 g/mol. The van der Waals surface area contributed by atoms with Gasteiger partial charge in [-0.05, 0) is 18.1 Å². The topological polar surface area (TPSA) is 57.6 Å². The zero-order chi connectivity index (χ0) is 12.9. The molecule has 0 saturated heterocycles. The summed E-state index contributed by atoms with van der Waals surface area (Å²) in [5, 5.41) is 9.47. The number of nitrogens with zero attached hydrogens (tertiary/aromatic N) is 1. The highest BCUT2D eigenvalue weighted by atomic mass is 32.2. The number of hydrogen-bond donors (Lipinski definition) is 1. The average molecular weight is 253 g/mol. The van der Waals surface area contributed by atoms with Crippen molar-refractivity contribution in [1.82, 2.24) is 4.47 Å². The molecule has 4 nitrogen and oxygen atoms in total. The van der Waals surface area contributed by atoms with E-state index in [1.165, 1.54) is 12.1 Å². The van der Waals surface area contributed by atoms with Crippen LogP contribution in [-0.4, -0.2) is 24.6 Å². The Balaban J connectivity index is 3.22. The average Bonchev–Trinajstić information content (AvgIpc) is 2.30. The maximum absolute atomic E-state index is 12.0. The molecule has 1 aromatic rings. The van der Waals surface area contributed by atoms with Gasteiger partial charge in [-0.2, -0.15) is 0 Å². The summed E-state index contributed by atoms with van der Waals surface area (Å²) in [7, 11) is -3.88. The van der Waals surface area contributed by atoms with Gasteiger partial charge in [-0.25, -0.2) is 8.42 Å². The quantitative estimate of drug-likeness (QED) is 0.623. The maximum atomic E-state index is 12.0. The third-order valence-corrected chi connectivity index (χ3v) is 3.84. The SMILES string of the molecule is C=CCc1ccccc1S(=O)(=O)N(O)CC=C. The van der Waals surface area contributed by atoms with Crippen LogP contribution in [0.2, 0.25) is 0 Å². The van der Waals surface area contributed by atoms with Crippen molar-refractivity contribution in [2.75, 3.05) is 6.54 Å². The fraction of sp³-hybridized carbons (Fsp3) is 0.167. The summed E-state index contributed by atoms with van der Waals surface area (Å²) in [5.74, 6) is 0. The number of rotatable bonds is 6. The number of sulfonamides is 1. The Kier molecular flexibility index (Phi) is 4.62. The molecule has 0 radical (unpaired) electrons. The lowest BCUT2D eigenvalue weighted by Gasteiger charge is -2.15. The summed E-state index contributed by atoms with van der Waals surface area (Å²) in [6, 6.07) is 6.51. The van der Waals surface area contributed by atoms with Crippen molar-refractivity contribution >= 4 is 10.0 Å². The van der Waals surface area contributed by atoms with Gasteiger partial charge in [0.25, 0.3) is 10.0 Å². The van der Waals surface area contributed by atoms with Crippen LogP contribution in [0.1, 0.15) is 5.56 Å². The van der Waals surface area contributed by atoms with Crippen molar-refractivity contribution in [3.63, 3.8) is 0 Å². The highest BCUT2D eigenvalue weighted by molar-refractivity contribution is 7.89. The van der Waals surface area contributed by atoms with E-state index in [4.69, 9.17) is 0 Å². The van der Waals surface area contributed by atoms with Crippen molar-refractivity contribution in [2.24, 2.45) is 0 Å². The Morgan fingerprint density at radius 1 is 1.24 bits per heavy atom. The summed E-state index contributed by atoms with van der Waals surface area (Å²) in [5.41, 5.74) is 0.602. The van der Waals surface area contributed by atoms with E-state index in [1.54, 1.807) is 24.3 Å². The molecule has 0 aliphatic rings. The lowest BCUT2D eigenvalue weighted by atomic mass is 10.1. The van der Waals surface area contributed by atoms with Gasteiger partial charge >= 0.3 is 0 Å². The minimum atomic E-state index is -3.88. The molecule has 0 bridgehead atoms. The molecule has 0 aliphatic heterocycles. The Hall–Kier alpha value is -1.43. The molecule has 0 saturated carbocycles. The Labute approximate surface area is 102 Å². The predicted octanol–water partition coefficient (Wildman–Crippen LogP) is 1.98. The zero-order valence-corrected chi connectivity index (χ0v) is 10.2. The third kappa shape index (κ3) is 3.03. The zero-order valence-electron chi connectivity index (χ0n) is 9.41. The summed E-state index contributed by atoms with van der Waals surface area (Å²) in [4.78, 5) is 0.0873. The molecule has 0 aliphatic carbocycles. The van der Waals surface area contributed by atoms with E-state index in [9.17, 15) is 13.6 Å². The Bertz CT molecular complexity index is 508. The van der Waals surface area contributed by atoms with Crippen LogP contribution in [0.4, 0.5) is 0 Å². The van der Waals surface area contributed by atoms with Crippen molar-refractivity contribution in [2.45, 2.75) is 11.3 Å². The lowest BCUT2D eigenvalue weighted by molar-refractivity contribution is 0.0150. The molecule has 1 N–H and O–H groups in total. The normalized spacial score (nSPS) is 11.4. The van der Waals surface area contributed by atoms with Gasteiger partial charge in [0.05, 0.1) is 11.4 Å². The van der Waals surface area contributed by atoms with E-state index in [1.807, 2.05) is 0 Å². The summed E-state index contributed by atoms with van der Waals surface area (Å²) < 4.78 is 24.3. The van der Waals surface area contributed by atoms with E-state index < -0.39 is 10.0 Å². The van der Waals surface area contributed by atoms with Crippen molar-refractivity contribution in [1.29, 1.82) is 0 Å². The van der Waals surface area contributed by atoms with Gasteiger partial charge in [0.1, 0.15) is 0 Å². The van der Waals surface area contributed by atoms with Crippen LogP contribution < -0.4 is 0 Å². The van der Waals surface area contributed by atoms with E-state index in [0.29, 0.717) is 12.0 Å². The minimum Gasteiger partial charge on any atom is -0.299 e. The van der Waals surface area contributed by atoms with Crippen LogP contribution in [0.3, 0.4) is 0 Å². The minimum absolute atomic E-state index is 0.0873. The molecule has 92 valence electrons. The molecule has 1 rings (SSSR count). The number of allylic oxidation sites excluding steroid dienone is 1. The number of hydroxylamine groups is 1. The van der Waals surface area contributed by atoms with Gasteiger partial charge in [0.15, 0.2) is 0 Å². The third-order valence-electron chi connectivity index (χ3n) is 2.18. The van der Waals surface area contributed by atoms with Crippen molar-refractivity contribution < 1.29 is 13.6 Å². The summed E-state index contributed by atoms with van der Waals surface area (Å²) in [6.07, 6.45) is 3.36. The Morgan fingerprint density at radius 3 is 2.47 bits per heavy atom. The van der Waals surface area contributed by atoms with Gasteiger partial charge in [0.2, 0.25) is 0 Å². The van der Waals surface area contributed by atoms with Crippen LogP contribution >= 0.6 is 0 Å². The first-order valence-electron chi connectivity index (χ1n) is 5.05. The highest BCUT2D eigenvalue weighted by Crippen LogP contribution is 2.19. The molecule has 5 heteroatoms. The van der Waals surface area contributed by atoms with Crippen molar-refractivity contribution in [3.8, 4) is 0 Å². The molecular weight excluding hydrogens is 238 g/mol. The van der Waals surface area contributed by atoms with Gasteiger partial charge < -0.3 is 0 Å². The molecule has 0 spiro atoms. The molecule has 1 aromatic carbocycles. The number of hydrogen-bond acceptors (Lipinski definition) is 3. The van der Waals surface area contributed by atoms with Crippen molar-refractivity contribution in [3.05, 3.63) is 55.1 Å². The van der Waals surface area contributed by atoms with Gasteiger partial charge in [-0.1, -0.05) is 34.8 Å². The first kappa shape index (κ1) is 13.6. The van der Waals surface area contributed by atoms with Gasteiger partial charge in [-0.3, -0.25) is 5.21 Å². The predicted molar refractivity (Wildman–Crippen MR) is 66.2 cm³/mol. The highest BCUT2D eigenvalue weighted by Gasteiger charge is 2.23. The largest absolute Gasteiger partial charge is 0.299 e. The molecule has 0 amide bonds. The first-order valence-corrected chi connectivity index (χ1v) is 6.49. The second kappa shape index (κ2) is 5.77. The van der Waals surface area contributed by atoms with Crippen LogP contribution in [0.15, 0.2) is 54.5 Å². The van der Waals surface area contributed by atoms with E-state index in [0.717, 1.165) is 0 Å². The van der Waals surface area contributed by atoms with Crippen LogP contribution in [0.5, 0.6) is 0 Å². The van der Waals surface area contributed by atoms with Gasteiger partial charge in [0, 0.05) is 0 Å². The number of benzene rings is 1. The molecule has 0 unspecified atom stereocenters. The summed E-state index contributed by atoms with van der Waals surface area (Å²) >= 11 is 0. The van der Waals surface area contributed by atoms with Crippen LogP contribution in [0.25, 0.3) is 0 Å². The molecule has 0 aromatic heterocycles. The van der Waals surface area contributed by atoms with Gasteiger partial charge in [-0.15, -0.1) is 13.2 Å². The van der Waals surface area contributed by atoms with Crippen LogP contribution in [-0.2, 0) is 16.4 Å². The smallest absolute Gasteiger partial charge is 0.265 e. The second-order valence-electron chi connectivity index (χ2n) is 3.40. The first-order chi connectivity index (χ1) is 8.04. The molecular formula is C12H15NO3S. The standard InChI is InChI=1S/C12H15NO3S/c1-3-7-11-8-5-6-9-12(11)17(15,16)13(14)10-4-2/h3-6,8-9,14H,1-2,7,10H2. The fourth-order valence-electron chi connectivity index (χ4n) is 1.40. The second-order valence-corrected chi connectivity index (χ2v) is 5.21. The molecule has 17 heavy (non-hydrogen) atoms. The summed E-state index contributed by atoms with van der Waals surface area (Å²) in [6.45, 7) is 6.81. The van der Waals surface area contributed by atoms with E-state index in [-0.39, 0.29) is 15.9 Å². The Morgan fingerprint density at radius 2 is 1.88 bits per heavy atom. The molecule has 0 fully saturated rings. The maximum Gasteiger partial charge on any atom is 0.265 e.